The van der Waals surface area contributed by atoms with Gasteiger partial charge in [-0.05, 0) is 24.7 Å². The zero-order valence-electron chi connectivity index (χ0n) is 9.08. The first-order valence-electron chi connectivity index (χ1n) is 5.36. The first-order chi connectivity index (χ1) is 6.61. The van der Waals surface area contributed by atoms with E-state index in [0.717, 1.165) is 17.2 Å². The first kappa shape index (κ1) is 9.56. The van der Waals surface area contributed by atoms with E-state index in [1.807, 2.05) is 0 Å². The standard InChI is InChI=1S/C11H18N2O/c1-6(2)9-10(13-14-11(9)12)7(3)8-4-5-8/h6-8H,4-5,12H2,1-3H3. The quantitative estimate of drug-likeness (QED) is 0.804. The lowest BCUT2D eigenvalue weighted by Gasteiger charge is -2.10. The summed E-state index contributed by atoms with van der Waals surface area (Å²) in [7, 11) is 0. The van der Waals surface area contributed by atoms with Crippen LogP contribution >= 0.6 is 0 Å². The molecule has 1 aliphatic carbocycles. The van der Waals surface area contributed by atoms with Gasteiger partial charge < -0.3 is 10.3 Å². The molecule has 1 fully saturated rings. The van der Waals surface area contributed by atoms with E-state index in [1.54, 1.807) is 0 Å². The summed E-state index contributed by atoms with van der Waals surface area (Å²) in [5.41, 5.74) is 7.97. The van der Waals surface area contributed by atoms with E-state index in [-0.39, 0.29) is 0 Å². The van der Waals surface area contributed by atoms with Crippen LogP contribution < -0.4 is 5.73 Å². The molecule has 1 unspecified atom stereocenters. The molecule has 2 N–H and O–H groups in total. The van der Waals surface area contributed by atoms with Gasteiger partial charge >= 0.3 is 0 Å². The molecule has 1 aromatic rings. The zero-order valence-corrected chi connectivity index (χ0v) is 9.08. The lowest BCUT2D eigenvalue weighted by atomic mass is 9.93. The number of anilines is 1. The van der Waals surface area contributed by atoms with E-state index in [0.29, 0.717) is 17.7 Å². The highest BCUT2D eigenvalue weighted by atomic mass is 16.5. The highest BCUT2D eigenvalue weighted by Gasteiger charge is 2.33. The summed E-state index contributed by atoms with van der Waals surface area (Å²) in [5, 5.41) is 4.10. The van der Waals surface area contributed by atoms with E-state index in [9.17, 15) is 0 Å². The fraction of sp³-hybridized carbons (Fsp3) is 0.727. The number of nitrogens with zero attached hydrogens (tertiary/aromatic N) is 1. The molecule has 0 amide bonds. The summed E-state index contributed by atoms with van der Waals surface area (Å²) in [6.45, 7) is 6.48. The van der Waals surface area contributed by atoms with Crippen molar-refractivity contribution in [3.8, 4) is 0 Å². The molecular weight excluding hydrogens is 176 g/mol. The summed E-state index contributed by atoms with van der Waals surface area (Å²) >= 11 is 0. The van der Waals surface area contributed by atoms with E-state index >= 15 is 0 Å². The average Bonchev–Trinajstić information content (AvgIpc) is 2.88. The molecule has 1 heterocycles. The van der Waals surface area contributed by atoms with E-state index < -0.39 is 0 Å². The van der Waals surface area contributed by atoms with Crippen molar-refractivity contribution in [2.24, 2.45) is 5.92 Å². The number of aromatic nitrogens is 1. The van der Waals surface area contributed by atoms with Gasteiger partial charge in [-0.2, -0.15) is 0 Å². The second-order valence-corrected chi connectivity index (χ2v) is 4.63. The second-order valence-electron chi connectivity index (χ2n) is 4.63. The van der Waals surface area contributed by atoms with Gasteiger partial charge in [0.2, 0.25) is 5.88 Å². The Bertz CT molecular complexity index is 326. The SMILES string of the molecule is CC(C)c1c(C(C)C2CC2)noc1N. The van der Waals surface area contributed by atoms with Crippen LogP contribution in [0.1, 0.15) is 56.7 Å². The Hall–Kier alpha value is -0.990. The van der Waals surface area contributed by atoms with Crippen LogP contribution in [0.15, 0.2) is 4.52 Å². The van der Waals surface area contributed by atoms with Crippen LogP contribution in [0, 0.1) is 5.92 Å². The molecule has 0 radical (unpaired) electrons. The molecular formula is C11H18N2O. The van der Waals surface area contributed by atoms with Gasteiger partial charge in [-0.15, -0.1) is 0 Å². The Labute approximate surface area is 84.7 Å². The third-order valence-electron chi connectivity index (χ3n) is 3.12. The van der Waals surface area contributed by atoms with Crippen LogP contribution in [-0.4, -0.2) is 5.16 Å². The molecule has 1 aromatic heterocycles. The minimum absolute atomic E-state index is 0.400. The third kappa shape index (κ3) is 1.51. The number of hydrogen-bond acceptors (Lipinski definition) is 3. The normalized spacial score (nSPS) is 18.9. The van der Waals surface area contributed by atoms with Crippen LogP contribution in [0.25, 0.3) is 0 Å². The Morgan fingerprint density at radius 1 is 1.36 bits per heavy atom. The highest BCUT2D eigenvalue weighted by Crippen LogP contribution is 2.44. The molecule has 0 spiro atoms. The third-order valence-corrected chi connectivity index (χ3v) is 3.12. The lowest BCUT2D eigenvalue weighted by molar-refractivity contribution is 0.417. The lowest BCUT2D eigenvalue weighted by Crippen LogP contribution is -2.03. The maximum absolute atomic E-state index is 5.77. The molecule has 0 aromatic carbocycles. The van der Waals surface area contributed by atoms with Gasteiger partial charge in [0.25, 0.3) is 0 Å². The van der Waals surface area contributed by atoms with E-state index in [4.69, 9.17) is 10.3 Å². The van der Waals surface area contributed by atoms with Gasteiger partial charge in [0.05, 0.1) is 5.69 Å². The maximum atomic E-state index is 5.77. The van der Waals surface area contributed by atoms with Gasteiger partial charge in [-0.3, -0.25) is 0 Å². The Kier molecular flexibility index (Phi) is 2.25. The summed E-state index contributed by atoms with van der Waals surface area (Å²) < 4.78 is 5.08. The van der Waals surface area contributed by atoms with Crippen molar-refractivity contribution in [1.29, 1.82) is 0 Å². The van der Waals surface area contributed by atoms with Gasteiger partial charge in [0.15, 0.2) is 0 Å². The smallest absolute Gasteiger partial charge is 0.225 e. The van der Waals surface area contributed by atoms with Crippen molar-refractivity contribution in [3.05, 3.63) is 11.3 Å². The van der Waals surface area contributed by atoms with Crippen LogP contribution in [0.4, 0.5) is 5.88 Å². The first-order valence-corrected chi connectivity index (χ1v) is 5.36. The minimum atomic E-state index is 0.400. The van der Waals surface area contributed by atoms with E-state index in [1.165, 1.54) is 12.8 Å². The Morgan fingerprint density at radius 2 is 2.00 bits per heavy atom. The van der Waals surface area contributed by atoms with Crippen LogP contribution in [0.5, 0.6) is 0 Å². The Balaban J connectivity index is 2.31. The largest absolute Gasteiger partial charge is 0.367 e. The zero-order chi connectivity index (χ0) is 10.3. The monoisotopic (exact) mass is 194 g/mol. The molecule has 0 aliphatic heterocycles. The molecule has 2 rings (SSSR count). The second kappa shape index (κ2) is 3.30. The molecule has 0 bridgehead atoms. The fourth-order valence-electron chi connectivity index (χ4n) is 2.05. The van der Waals surface area contributed by atoms with Gasteiger partial charge in [-0.25, -0.2) is 0 Å². The number of nitrogens with two attached hydrogens (primary N) is 1. The fourth-order valence-corrected chi connectivity index (χ4v) is 2.05. The predicted octanol–water partition coefficient (Wildman–Crippen LogP) is 2.89. The van der Waals surface area contributed by atoms with Crippen LogP contribution in [0.3, 0.4) is 0 Å². The van der Waals surface area contributed by atoms with Crippen molar-refractivity contribution in [2.45, 2.75) is 45.4 Å². The minimum Gasteiger partial charge on any atom is -0.367 e. The summed E-state index contributed by atoms with van der Waals surface area (Å²) in [6, 6.07) is 0. The molecule has 78 valence electrons. The molecule has 14 heavy (non-hydrogen) atoms. The van der Waals surface area contributed by atoms with Gasteiger partial charge in [0.1, 0.15) is 0 Å². The van der Waals surface area contributed by atoms with E-state index in [2.05, 4.69) is 25.9 Å². The summed E-state index contributed by atoms with van der Waals surface area (Å²) in [6.07, 6.45) is 2.65. The van der Waals surface area contributed by atoms with Crippen LogP contribution in [0.2, 0.25) is 0 Å². The highest BCUT2D eigenvalue weighted by molar-refractivity contribution is 5.43. The topological polar surface area (TPSA) is 52.0 Å². The van der Waals surface area contributed by atoms with Gasteiger partial charge in [0, 0.05) is 11.5 Å². The maximum Gasteiger partial charge on any atom is 0.225 e. The van der Waals surface area contributed by atoms with Crippen molar-refractivity contribution >= 4 is 5.88 Å². The number of hydrogen-bond donors (Lipinski definition) is 1. The average molecular weight is 194 g/mol. The Morgan fingerprint density at radius 3 is 2.50 bits per heavy atom. The van der Waals surface area contributed by atoms with Gasteiger partial charge in [-0.1, -0.05) is 25.9 Å². The molecule has 1 aliphatic rings. The van der Waals surface area contributed by atoms with Crippen molar-refractivity contribution in [1.82, 2.24) is 5.16 Å². The van der Waals surface area contributed by atoms with Crippen molar-refractivity contribution in [3.63, 3.8) is 0 Å². The van der Waals surface area contributed by atoms with Crippen molar-refractivity contribution < 1.29 is 4.52 Å². The molecule has 3 nitrogen and oxygen atoms in total. The van der Waals surface area contributed by atoms with Crippen molar-refractivity contribution in [2.75, 3.05) is 5.73 Å². The van der Waals surface area contributed by atoms with Crippen LogP contribution in [-0.2, 0) is 0 Å². The molecule has 1 atom stereocenters. The molecule has 3 heteroatoms. The number of rotatable bonds is 3. The number of nitrogen functional groups attached to an aromatic ring is 1. The predicted molar refractivity (Wildman–Crippen MR) is 56.1 cm³/mol. The summed E-state index contributed by atoms with van der Waals surface area (Å²) in [4.78, 5) is 0. The molecule has 1 saturated carbocycles. The molecule has 0 saturated heterocycles. The summed E-state index contributed by atoms with van der Waals surface area (Å²) in [5.74, 6) is 2.21.